The smallest absolute Gasteiger partial charge is 0.162 e. The van der Waals surface area contributed by atoms with Gasteiger partial charge in [-0.25, -0.2) is 15.0 Å². The van der Waals surface area contributed by atoms with Crippen molar-refractivity contribution in [1.82, 2.24) is 35.1 Å². The van der Waals surface area contributed by atoms with Crippen LogP contribution in [0.25, 0.3) is 55.4 Å². The van der Waals surface area contributed by atoms with Gasteiger partial charge in [0.15, 0.2) is 17.2 Å². The standard InChI is InChI=1S/C24H20N8S/c1-13(2)27-15-10-14(11-25-12-15)17-5-6-18-21(28-17)22(32-31-18)24-29-20-16(19-4-3-9-33-19)7-8-26-23(20)30-24/h3-13,27H,1-2H3,(H,31,32)(H,26,29,30). The van der Waals surface area contributed by atoms with Crippen LogP contribution in [0.3, 0.4) is 0 Å². The Morgan fingerprint density at radius 1 is 1.03 bits per heavy atom. The summed E-state index contributed by atoms with van der Waals surface area (Å²) in [4.78, 5) is 23.1. The van der Waals surface area contributed by atoms with Crippen molar-refractivity contribution >= 4 is 39.2 Å². The monoisotopic (exact) mass is 452 g/mol. The minimum absolute atomic E-state index is 0.318. The van der Waals surface area contributed by atoms with Crippen molar-refractivity contribution in [3.63, 3.8) is 0 Å². The molecule has 0 atom stereocenters. The highest BCUT2D eigenvalue weighted by atomic mass is 32.1. The molecule has 0 unspecified atom stereocenters. The van der Waals surface area contributed by atoms with Crippen LogP contribution in [-0.4, -0.2) is 41.2 Å². The van der Waals surface area contributed by atoms with E-state index in [0.29, 0.717) is 17.6 Å². The summed E-state index contributed by atoms with van der Waals surface area (Å²) < 4.78 is 0. The second-order valence-electron chi connectivity index (χ2n) is 8.04. The molecule has 0 aliphatic heterocycles. The number of rotatable bonds is 5. The Balaban J connectivity index is 1.45. The fraction of sp³-hybridized carbons (Fsp3) is 0.125. The Labute approximate surface area is 193 Å². The number of aromatic nitrogens is 7. The van der Waals surface area contributed by atoms with Gasteiger partial charge in [0.25, 0.3) is 0 Å². The van der Waals surface area contributed by atoms with Crippen LogP contribution in [0.5, 0.6) is 0 Å². The maximum absolute atomic E-state index is 4.90. The summed E-state index contributed by atoms with van der Waals surface area (Å²) in [6, 6.07) is 12.4. The summed E-state index contributed by atoms with van der Waals surface area (Å²) in [5.41, 5.74) is 7.54. The fourth-order valence-electron chi connectivity index (χ4n) is 3.87. The number of pyridine rings is 3. The Bertz CT molecular complexity index is 1580. The van der Waals surface area contributed by atoms with Crippen LogP contribution in [0.2, 0.25) is 0 Å². The molecule has 0 spiro atoms. The Morgan fingerprint density at radius 2 is 1.97 bits per heavy atom. The van der Waals surface area contributed by atoms with Crippen molar-refractivity contribution in [2.75, 3.05) is 5.32 Å². The van der Waals surface area contributed by atoms with Crippen LogP contribution in [0.15, 0.2) is 60.4 Å². The van der Waals surface area contributed by atoms with Gasteiger partial charge >= 0.3 is 0 Å². The summed E-state index contributed by atoms with van der Waals surface area (Å²) in [7, 11) is 0. The highest BCUT2D eigenvalue weighted by Crippen LogP contribution is 2.33. The molecule has 0 amide bonds. The lowest BCUT2D eigenvalue weighted by Crippen LogP contribution is -2.09. The zero-order valence-corrected chi connectivity index (χ0v) is 18.8. The molecule has 33 heavy (non-hydrogen) atoms. The van der Waals surface area contributed by atoms with Gasteiger partial charge in [0, 0.05) is 40.6 Å². The van der Waals surface area contributed by atoms with Gasteiger partial charge in [-0.1, -0.05) is 6.07 Å². The van der Waals surface area contributed by atoms with Gasteiger partial charge in [-0.05, 0) is 49.6 Å². The van der Waals surface area contributed by atoms with Crippen molar-refractivity contribution in [2.24, 2.45) is 0 Å². The number of H-pyrrole nitrogens is 2. The molecule has 0 bridgehead atoms. The molecular weight excluding hydrogens is 432 g/mol. The SMILES string of the molecule is CC(C)Nc1cncc(-c2ccc3[nH]nc(-c4nc5c(-c6cccs6)ccnc5[nH]4)c3n2)c1. The van der Waals surface area contributed by atoms with Crippen LogP contribution >= 0.6 is 11.3 Å². The molecular formula is C24H20N8S. The molecule has 162 valence electrons. The molecule has 8 nitrogen and oxygen atoms in total. The van der Waals surface area contributed by atoms with Gasteiger partial charge in [-0.15, -0.1) is 11.3 Å². The number of thiophene rings is 1. The van der Waals surface area contributed by atoms with E-state index in [1.807, 2.05) is 36.7 Å². The van der Waals surface area contributed by atoms with Gasteiger partial charge < -0.3 is 10.3 Å². The van der Waals surface area contributed by atoms with Gasteiger partial charge in [-0.2, -0.15) is 5.10 Å². The molecule has 0 aromatic carbocycles. The first kappa shape index (κ1) is 19.6. The number of hydrogen-bond donors (Lipinski definition) is 3. The molecule has 0 fully saturated rings. The molecule has 9 heteroatoms. The van der Waals surface area contributed by atoms with E-state index in [0.717, 1.165) is 49.6 Å². The lowest BCUT2D eigenvalue weighted by atomic mass is 10.1. The van der Waals surface area contributed by atoms with Crippen molar-refractivity contribution < 1.29 is 0 Å². The van der Waals surface area contributed by atoms with E-state index < -0.39 is 0 Å². The third-order valence-corrected chi connectivity index (χ3v) is 6.20. The van der Waals surface area contributed by atoms with E-state index in [1.54, 1.807) is 17.5 Å². The average molecular weight is 453 g/mol. The molecule has 6 aromatic rings. The molecule has 0 aliphatic rings. The van der Waals surface area contributed by atoms with Gasteiger partial charge in [0.05, 0.1) is 16.9 Å². The summed E-state index contributed by atoms with van der Waals surface area (Å²) >= 11 is 1.68. The average Bonchev–Trinajstić information content (AvgIpc) is 3.57. The number of imidazole rings is 1. The molecule has 3 N–H and O–H groups in total. The zero-order chi connectivity index (χ0) is 22.4. The number of anilines is 1. The number of fused-ring (bicyclic) bond motifs is 2. The molecule has 0 saturated heterocycles. The molecule has 0 aliphatic carbocycles. The first-order valence-corrected chi connectivity index (χ1v) is 11.5. The van der Waals surface area contributed by atoms with Crippen LogP contribution < -0.4 is 5.32 Å². The van der Waals surface area contributed by atoms with Crippen LogP contribution in [0.1, 0.15) is 13.8 Å². The second-order valence-corrected chi connectivity index (χ2v) is 8.99. The van der Waals surface area contributed by atoms with Gasteiger partial charge in [0.1, 0.15) is 11.0 Å². The highest BCUT2D eigenvalue weighted by Gasteiger charge is 2.17. The third-order valence-electron chi connectivity index (χ3n) is 5.29. The summed E-state index contributed by atoms with van der Waals surface area (Å²) in [5, 5.41) is 13.0. The van der Waals surface area contributed by atoms with Gasteiger partial charge in [-0.3, -0.25) is 10.1 Å². The Hall–Kier alpha value is -4.11. The predicted octanol–water partition coefficient (Wildman–Crippen LogP) is 5.51. The van der Waals surface area contributed by atoms with E-state index >= 15 is 0 Å². The quantitative estimate of drug-likeness (QED) is 0.318. The van der Waals surface area contributed by atoms with E-state index in [-0.39, 0.29) is 0 Å². The number of hydrogen-bond acceptors (Lipinski definition) is 7. The van der Waals surface area contributed by atoms with Crippen molar-refractivity contribution in [2.45, 2.75) is 19.9 Å². The third kappa shape index (κ3) is 3.52. The maximum atomic E-state index is 4.90. The first-order valence-electron chi connectivity index (χ1n) is 10.6. The van der Waals surface area contributed by atoms with E-state index in [2.05, 4.69) is 61.8 Å². The van der Waals surface area contributed by atoms with E-state index in [9.17, 15) is 0 Å². The Kier molecular flexibility index (Phi) is 4.62. The van der Waals surface area contributed by atoms with Crippen molar-refractivity contribution in [3.8, 4) is 33.2 Å². The molecule has 6 heterocycles. The largest absolute Gasteiger partial charge is 0.382 e. The maximum Gasteiger partial charge on any atom is 0.162 e. The number of nitrogens with zero attached hydrogens (tertiary/aromatic N) is 5. The van der Waals surface area contributed by atoms with Crippen molar-refractivity contribution in [3.05, 3.63) is 60.4 Å². The van der Waals surface area contributed by atoms with Crippen LogP contribution in [0.4, 0.5) is 5.69 Å². The molecule has 0 radical (unpaired) electrons. The van der Waals surface area contributed by atoms with E-state index in [4.69, 9.17) is 9.97 Å². The topological polar surface area (TPSA) is 108 Å². The summed E-state index contributed by atoms with van der Waals surface area (Å²) in [6.07, 6.45) is 5.43. The lowest BCUT2D eigenvalue weighted by molar-refractivity contribution is 0.898. The van der Waals surface area contributed by atoms with Crippen LogP contribution in [-0.2, 0) is 0 Å². The normalized spacial score (nSPS) is 11.6. The predicted molar refractivity (Wildman–Crippen MR) is 132 cm³/mol. The lowest BCUT2D eigenvalue weighted by Gasteiger charge is -2.10. The second kappa shape index (κ2) is 7.79. The molecule has 6 rings (SSSR count). The molecule has 6 aromatic heterocycles. The van der Waals surface area contributed by atoms with Crippen molar-refractivity contribution in [1.29, 1.82) is 0 Å². The highest BCUT2D eigenvalue weighted by molar-refractivity contribution is 7.13. The number of aromatic amines is 2. The Morgan fingerprint density at radius 3 is 2.82 bits per heavy atom. The number of nitrogens with one attached hydrogen (secondary N) is 3. The minimum Gasteiger partial charge on any atom is -0.382 e. The zero-order valence-electron chi connectivity index (χ0n) is 18.0. The first-order chi connectivity index (χ1) is 16.2. The molecule has 0 saturated carbocycles. The van der Waals surface area contributed by atoms with Crippen LogP contribution in [0, 0.1) is 0 Å². The van der Waals surface area contributed by atoms with E-state index in [1.165, 1.54) is 0 Å². The summed E-state index contributed by atoms with van der Waals surface area (Å²) in [5.74, 6) is 0.630. The fourth-order valence-corrected chi connectivity index (χ4v) is 4.62. The summed E-state index contributed by atoms with van der Waals surface area (Å²) in [6.45, 7) is 4.20. The van der Waals surface area contributed by atoms with Gasteiger partial charge in [0.2, 0.25) is 0 Å². The minimum atomic E-state index is 0.318.